The van der Waals surface area contributed by atoms with E-state index in [2.05, 4.69) is 63.2 Å². The Morgan fingerprint density at radius 1 is 1.07 bits per heavy atom. The smallest absolute Gasteiger partial charge is 0.268 e. The van der Waals surface area contributed by atoms with Gasteiger partial charge in [-0.25, -0.2) is 0 Å². The third-order valence-electron chi connectivity index (χ3n) is 5.78. The van der Waals surface area contributed by atoms with E-state index in [0.717, 1.165) is 62.3 Å². The highest BCUT2D eigenvalue weighted by molar-refractivity contribution is 5.94. The van der Waals surface area contributed by atoms with Crippen molar-refractivity contribution in [2.75, 3.05) is 13.1 Å². The number of hydrogen-bond acceptors (Lipinski definition) is 3. The molecule has 0 bridgehead atoms. The van der Waals surface area contributed by atoms with E-state index in [-0.39, 0.29) is 11.9 Å². The number of nitrogens with zero attached hydrogens (tertiary/aromatic N) is 3. The number of aromatic nitrogens is 2. The molecule has 1 fully saturated rings. The van der Waals surface area contributed by atoms with Crippen LogP contribution in [0.1, 0.15) is 42.2 Å². The predicted molar refractivity (Wildman–Crippen MR) is 120 cm³/mol. The molecule has 1 amide bonds. The summed E-state index contributed by atoms with van der Waals surface area (Å²) in [5.74, 6) is 0.0327. The molecule has 0 atom stereocenters. The summed E-state index contributed by atoms with van der Waals surface area (Å²) in [6, 6.07) is 16.8. The maximum Gasteiger partial charge on any atom is 0.268 e. The minimum Gasteiger partial charge on any atom is -0.348 e. The van der Waals surface area contributed by atoms with Crippen molar-refractivity contribution in [3.8, 4) is 11.1 Å². The van der Waals surface area contributed by atoms with E-state index in [1.165, 1.54) is 5.56 Å². The minimum absolute atomic E-state index is 0.0327. The molecule has 0 radical (unpaired) electrons. The zero-order valence-electron chi connectivity index (χ0n) is 17.6. The van der Waals surface area contributed by atoms with Crippen molar-refractivity contribution >= 4 is 5.91 Å². The van der Waals surface area contributed by atoms with Crippen LogP contribution in [0.2, 0.25) is 0 Å². The number of likely N-dealkylation sites (tertiary alicyclic amines) is 1. The largest absolute Gasteiger partial charge is 0.348 e. The maximum atomic E-state index is 13.1. The number of piperidine rings is 1. The zero-order chi connectivity index (χ0) is 20.8. The zero-order valence-corrected chi connectivity index (χ0v) is 17.6. The Morgan fingerprint density at radius 2 is 1.80 bits per heavy atom. The van der Waals surface area contributed by atoms with Gasteiger partial charge in [0, 0.05) is 56.4 Å². The second kappa shape index (κ2) is 9.72. The van der Waals surface area contributed by atoms with Crippen molar-refractivity contribution in [1.82, 2.24) is 19.8 Å². The highest BCUT2D eigenvalue weighted by Gasteiger charge is 2.23. The Hall–Kier alpha value is -2.92. The summed E-state index contributed by atoms with van der Waals surface area (Å²) in [7, 11) is 0. The van der Waals surface area contributed by atoms with Gasteiger partial charge in [-0.15, -0.1) is 0 Å². The SMILES string of the molecule is CCCn1cc(-c2ccncc2)cc1C(=O)NC1CCN(Cc2ccccc2)CC1. The molecular weight excluding hydrogens is 372 g/mol. The van der Waals surface area contributed by atoms with Crippen molar-refractivity contribution in [2.45, 2.75) is 45.3 Å². The first-order chi connectivity index (χ1) is 14.7. The minimum atomic E-state index is 0.0327. The highest BCUT2D eigenvalue weighted by atomic mass is 16.2. The summed E-state index contributed by atoms with van der Waals surface area (Å²) >= 11 is 0. The average Bonchev–Trinajstić information content (AvgIpc) is 3.21. The number of carbonyl (C=O) groups excluding carboxylic acids is 1. The number of carbonyl (C=O) groups is 1. The summed E-state index contributed by atoms with van der Waals surface area (Å²) in [6.45, 7) is 5.98. The molecule has 5 heteroatoms. The Balaban J connectivity index is 1.37. The van der Waals surface area contributed by atoms with Gasteiger partial charge in [-0.3, -0.25) is 14.7 Å². The van der Waals surface area contributed by atoms with Crippen molar-refractivity contribution < 1.29 is 4.79 Å². The van der Waals surface area contributed by atoms with E-state index in [9.17, 15) is 4.79 Å². The lowest BCUT2D eigenvalue weighted by atomic mass is 10.0. The summed E-state index contributed by atoms with van der Waals surface area (Å²) in [5, 5.41) is 3.28. The third kappa shape index (κ3) is 4.97. The van der Waals surface area contributed by atoms with Crippen LogP contribution in [0, 0.1) is 0 Å². The molecule has 4 rings (SSSR count). The average molecular weight is 403 g/mol. The quantitative estimate of drug-likeness (QED) is 0.639. The molecule has 0 aliphatic carbocycles. The third-order valence-corrected chi connectivity index (χ3v) is 5.78. The first kappa shape index (κ1) is 20.4. The second-order valence-corrected chi connectivity index (χ2v) is 8.05. The molecule has 0 unspecified atom stereocenters. The molecule has 5 nitrogen and oxygen atoms in total. The standard InChI is InChI=1S/C25H30N4O/c1-2-14-29-19-22(21-8-12-26-13-9-21)17-24(29)25(30)27-23-10-15-28(16-11-23)18-20-6-4-3-5-7-20/h3-9,12-13,17,19,23H,2,10-11,14-16,18H2,1H3,(H,27,30). The van der Waals surface area contributed by atoms with Gasteiger partial charge in [0.15, 0.2) is 0 Å². The van der Waals surface area contributed by atoms with E-state index < -0.39 is 0 Å². The van der Waals surface area contributed by atoms with Crippen molar-refractivity contribution in [3.05, 3.63) is 78.4 Å². The van der Waals surface area contributed by atoms with E-state index in [0.29, 0.717) is 0 Å². The normalized spacial score (nSPS) is 15.2. The number of aryl methyl sites for hydroxylation is 1. The fourth-order valence-electron chi connectivity index (χ4n) is 4.17. The van der Waals surface area contributed by atoms with Gasteiger partial charge in [0.2, 0.25) is 0 Å². The molecule has 0 spiro atoms. The monoisotopic (exact) mass is 402 g/mol. The van der Waals surface area contributed by atoms with Gasteiger partial charge in [-0.2, -0.15) is 0 Å². The van der Waals surface area contributed by atoms with Gasteiger partial charge in [0.1, 0.15) is 5.69 Å². The fraction of sp³-hybridized carbons (Fsp3) is 0.360. The summed E-state index contributed by atoms with van der Waals surface area (Å²) in [4.78, 5) is 19.6. The number of hydrogen-bond donors (Lipinski definition) is 1. The van der Waals surface area contributed by atoms with Crippen molar-refractivity contribution in [3.63, 3.8) is 0 Å². The van der Waals surface area contributed by atoms with Crippen LogP contribution >= 0.6 is 0 Å². The number of nitrogens with one attached hydrogen (secondary N) is 1. The van der Waals surface area contributed by atoms with E-state index in [1.807, 2.05) is 18.2 Å². The summed E-state index contributed by atoms with van der Waals surface area (Å²) < 4.78 is 2.08. The molecule has 1 N–H and O–H groups in total. The molecule has 30 heavy (non-hydrogen) atoms. The van der Waals surface area contributed by atoms with Crippen LogP contribution in [0.15, 0.2) is 67.1 Å². The Morgan fingerprint density at radius 3 is 2.50 bits per heavy atom. The molecular formula is C25H30N4O. The van der Waals surface area contributed by atoms with E-state index in [4.69, 9.17) is 0 Å². The Bertz CT molecular complexity index is 944. The van der Waals surface area contributed by atoms with Crippen LogP contribution in [-0.4, -0.2) is 39.5 Å². The fourth-order valence-corrected chi connectivity index (χ4v) is 4.17. The summed E-state index contributed by atoms with van der Waals surface area (Å²) in [6.07, 6.45) is 8.62. The predicted octanol–water partition coefficient (Wildman–Crippen LogP) is 4.35. The van der Waals surface area contributed by atoms with Crippen LogP contribution in [0.5, 0.6) is 0 Å². The van der Waals surface area contributed by atoms with Crippen molar-refractivity contribution in [1.29, 1.82) is 0 Å². The first-order valence-electron chi connectivity index (χ1n) is 10.9. The number of benzene rings is 1. The molecule has 3 aromatic rings. The molecule has 156 valence electrons. The first-order valence-corrected chi connectivity index (χ1v) is 10.9. The van der Waals surface area contributed by atoms with E-state index in [1.54, 1.807) is 12.4 Å². The molecule has 1 aliphatic heterocycles. The topological polar surface area (TPSA) is 50.2 Å². The van der Waals surface area contributed by atoms with Crippen LogP contribution in [0.4, 0.5) is 0 Å². The summed E-state index contributed by atoms with van der Waals surface area (Å²) in [5.41, 5.74) is 4.24. The molecule has 1 aliphatic rings. The lowest BCUT2D eigenvalue weighted by Gasteiger charge is -2.32. The number of amides is 1. The van der Waals surface area contributed by atoms with Gasteiger partial charge in [-0.05, 0) is 48.6 Å². The van der Waals surface area contributed by atoms with Crippen LogP contribution in [0.3, 0.4) is 0 Å². The lowest BCUT2D eigenvalue weighted by molar-refractivity contribution is 0.0899. The molecule has 0 saturated carbocycles. The van der Waals surface area contributed by atoms with Crippen LogP contribution < -0.4 is 5.32 Å². The van der Waals surface area contributed by atoms with Crippen LogP contribution in [-0.2, 0) is 13.1 Å². The maximum absolute atomic E-state index is 13.1. The number of pyridine rings is 1. The van der Waals surface area contributed by atoms with Gasteiger partial charge in [-0.1, -0.05) is 37.3 Å². The van der Waals surface area contributed by atoms with Crippen molar-refractivity contribution in [2.24, 2.45) is 0 Å². The number of rotatable bonds is 7. The molecule has 1 aromatic carbocycles. The van der Waals surface area contributed by atoms with Crippen LogP contribution in [0.25, 0.3) is 11.1 Å². The lowest BCUT2D eigenvalue weighted by Crippen LogP contribution is -2.44. The van der Waals surface area contributed by atoms with Gasteiger partial charge < -0.3 is 9.88 Å². The van der Waals surface area contributed by atoms with Gasteiger partial charge in [0.05, 0.1) is 0 Å². The molecule has 2 aromatic heterocycles. The Labute approximate surface area is 178 Å². The van der Waals surface area contributed by atoms with E-state index >= 15 is 0 Å². The Kier molecular flexibility index (Phi) is 6.60. The molecule has 1 saturated heterocycles. The highest BCUT2D eigenvalue weighted by Crippen LogP contribution is 2.23. The second-order valence-electron chi connectivity index (χ2n) is 8.05. The molecule has 3 heterocycles. The van der Waals surface area contributed by atoms with Gasteiger partial charge >= 0.3 is 0 Å². The van der Waals surface area contributed by atoms with Gasteiger partial charge in [0.25, 0.3) is 5.91 Å².